The number of unbranched alkanes of at least 4 members (excludes halogenated alkanes) is 3. The first-order chi connectivity index (χ1) is 7.70. The number of aliphatic carboxylic acids is 1. The average Bonchev–Trinajstić information content (AvgIpc) is 2.25. The van der Waals surface area contributed by atoms with Crippen molar-refractivity contribution in [1.29, 1.82) is 0 Å². The van der Waals surface area contributed by atoms with Crippen molar-refractivity contribution < 1.29 is 14.3 Å². The van der Waals surface area contributed by atoms with Gasteiger partial charge in [-0.3, -0.25) is 4.79 Å². The van der Waals surface area contributed by atoms with E-state index in [-0.39, 0.29) is 12.2 Å². The third-order valence-electron chi connectivity index (χ3n) is 2.54. The highest BCUT2D eigenvalue weighted by Crippen LogP contribution is 2.12. The molecular weight excluding hydrogens is 207 g/mol. The standard InChI is InChI=1S/C13H17FO2/c14-12-9-6-5-8-11(12)7-3-1-2-4-10-13(15)16/h5-6,8-9H,1-4,7,10H2,(H,15,16). The predicted molar refractivity (Wildman–Crippen MR) is 60.8 cm³/mol. The summed E-state index contributed by atoms with van der Waals surface area (Å²) in [6, 6.07) is 6.79. The van der Waals surface area contributed by atoms with E-state index in [0.29, 0.717) is 6.42 Å². The molecule has 0 amide bonds. The number of carboxylic acid groups (broad SMARTS) is 1. The van der Waals surface area contributed by atoms with Gasteiger partial charge in [0.15, 0.2) is 0 Å². The van der Waals surface area contributed by atoms with Crippen LogP contribution < -0.4 is 0 Å². The van der Waals surface area contributed by atoms with Gasteiger partial charge in [0.25, 0.3) is 0 Å². The SMILES string of the molecule is O=C(O)CCCCCCc1ccccc1F. The van der Waals surface area contributed by atoms with E-state index in [0.717, 1.165) is 31.2 Å². The van der Waals surface area contributed by atoms with Crippen LogP contribution in [0.2, 0.25) is 0 Å². The lowest BCUT2D eigenvalue weighted by Crippen LogP contribution is -1.94. The summed E-state index contributed by atoms with van der Waals surface area (Å²) in [4.78, 5) is 10.2. The Hall–Kier alpha value is -1.38. The Balaban J connectivity index is 2.12. The quantitative estimate of drug-likeness (QED) is 0.721. The second-order valence-corrected chi connectivity index (χ2v) is 3.90. The van der Waals surface area contributed by atoms with E-state index < -0.39 is 5.97 Å². The Morgan fingerprint density at radius 2 is 1.81 bits per heavy atom. The van der Waals surface area contributed by atoms with Gasteiger partial charge in [-0.15, -0.1) is 0 Å². The molecule has 2 nitrogen and oxygen atoms in total. The van der Waals surface area contributed by atoms with Gasteiger partial charge in [0.2, 0.25) is 0 Å². The molecule has 1 rings (SSSR count). The molecule has 0 radical (unpaired) electrons. The van der Waals surface area contributed by atoms with Gasteiger partial charge < -0.3 is 5.11 Å². The van der Waals surface area contributed by atoms with Crippen LogP contribution in [0.1, 0.15) is 37.7 Å². The molecule has 1 aromatic carbocycles. The molecule has 0 bridgehead atoms. The van der Waals surface area contributed by atoms with E-state index in [1.807, 2.05) is 6.07 Å². The first kappa shape index (κ1) is 12.7. The first-order valence-electron chi connectivity index (χ1n) is 5.65. The Morgan fingerprint density at radius 1 is 1.12 bits per heavy atom. The van der Waals surface area contributed by atoms with E-state index >= 15 is 0 Å². The summed E-state index contributed by atoms with van der Waals surface area (Å²) >= 11 is 0. The van der Waals surface area contributed by atoms with Crippen molar-refractivity contribution in [3.63, 3.8) is 0 Å². The zero-order valence-electron chi connectivity index (χ0n) is 9.29. The molecule has 0 saturated heterocycles. The van der Waals surface area contributed by atoms with E-state index in [1.165, 1.54) is 6.07 Å². The van der Waals surface area contributed by atoms with Crippen molar-refractivity contribution in [1.82, 2.24) is 0 Å². The molecule has 0 aliphatic rings. The number of carboxylic acids is 1. The van der Waals surface area contributed by atoms with E-state index in [1.54, 1.807) is 12.1 Å². The molecule has 0 saturated carbocycles. The first-order valence-corrected chi connectivity index (χ1v) is 5.65. The number of aryl methyl sites for hydroxylation is 1. The number of hydrogen-bond donors (Lipinski definition) is 1. The molecule has 88 valence electrons. The van der Waals surface area contributed by atoms with Gasteiger partial charge in [0.1, 0.15) is 5.82 Å². The molecule has 0 heterocycles. The van der Waals surface area contributed by atoms with Gasteiger partial charge in [-0.1, -0.05) is 31.0 Å². The molecule has 0 unspecified atom stereocenters. The van der Waals surface area contributed by atoms with Crippen LogP contribution in [0.4, 0.5) is 4.39 Å². The van der Waals surface area contributed by atoms with Gasteiger partial charge in [-0.2, -0.15) is 0 Å². The van der Waals surface area contributed by atoms with Crippen LogP contribution in [0.5, 0.6) is 0 Å². The minimum absolute atomic E-state index is 0.145. The van der Waals surface area contributed by atoms with Gasteiger partial charge in [0, 0.05) is 6.42 Å². The van der Waals surface area contributed by atoms with Crippen LogP contribution in [0, 0.1) is 5.82 Å². The number of benzene rings is 1. The molecule has 1 aromatic rings. The molecule has 0 aliphatic heterocycles. The van der Waals surface area contributed by atoms with Crippen molar-refractivity contribution in [3.8, 4) is 0 Å². The maximum atomic E-state index is 13.2. The third-order valence-corrected chi connectivity index (χ3v) is 2.54. The lowest BCUT2D eigenvalue weighted by Gasteiger charge is -2.02. The third kappa shape index (κ3) is 4.91. The number of carbonyl (C=O) groups is 1. The summed E-state index contributed by atoms with van der Waals surface area (Å²) in [6.07, 6.45) is 4.47. The van der Waals surface area contributed by atoms with Crippen molar-refractivity contribution in [2.24, 2.45) is 0 Å². The Kier molecular flexibility index (Phi) is 5.54. The zero-order chi connectivity index (χ0) is 11.8. The zero-order valence-corrected chi connectivity index (χ0v) is 9.29. The van der Waals surface area contributed by atoms with E-state index in [4.69, 9.17) is 5.11 Å². The summed E-state index contributed by atoms with van der Waals surface area (Å²) in [5.74, 6) is -0.887. The molecular formula is C13H17FO2. The molecule has 0 atom stereocenters. The summed E-state index contributed by atoms with van der Waals surface area (Å²) in [5.41, 5.74) is 0.751. The summed E-state index contributed by atoms with van der Waals surface area (Å²) in [7, 11) is 0. The normalized spacial score (nSPS) is 10.3. The summed E-state index contributed by atoms with van der Waals surface area (Å²) in [6.45, 7) is 0. The largest absolute Gasteiger partial charge is 0.481 e. The van der Waals surface area contributed by atoms with E-state index in [9.17, 15) is 9.18 Å². The van der Waals surface area contributed by atoms with Crippen molar-refractivity contribution in [2.45, 2.75) is 38.5 Å². The molecule has 0 aliphatic carbocycles. The fourth-order valence-corrected chi connectivity index (χ4v) is 1.65. The fraction of sp³-hybridized carbons (Fsp3) is 0.462. The highest BCUT2D eigenvalue weighted by molar-refractivity contribution is 5.66. The molecule has 3 heteroatoms. The topological polar surface area (TPSA) is 37.3 Å². The molecule has 0 spiro atoms. The summed E-state index contributed by atoms with van der Waals surface area (Å²) in [5, 5.41) is 8.43. The summed E-state index contributed by atoms with van der Waals surface area (Å²) < 4.78 is 13.2. The Morgan fingerprint density at radius 3 is 2.50 bits per heavy atom. The van der Waals surface area contributed by atoms with Crippen LogP contribution >= 0.6 is 0 Å². The van der Waals surface area contributed by atoms with Crippen molar-refractivity contribution >= 4 is 5.97 Å². The molecule has 0 aromatic heterocycles. The maximum Gasteiger partial charge on any atom is 0.303 e. The van der Waals surface area contributed by atoms with Gasteiger partial charge >= 0.3 is 5.97 Å². The van der Waals surface area contributed by atoms with Crippen LogP contribution in [0.15, 0.2) is 24.3 Å². The Bertz CT molecular complexity index is 336. The fourth-order valence-electron chi connectivity index (χ4n) is 1.65. The van der Waals surface area contributed by atoms with Crippen LogP contribution in [-0.2, 0) is 11.2 Å². The van der Waals surface area contributed by atoms with Gasteiger partial charge in [-0.25, -0.2) is 4.39 Å². The molecule has 16 heavy (non-hydrogen) atoms. The van der Waals surface area contributed by atoms with Gasteiger partial charge in [0.05, 0.1) is 0 Å². The Labute approximate surface area is 95.1 Å². The second-order valence-electron chi connectivity index (χ2n) is 3.90. The lowest BCUT2D eigenvalue weighted by molar-refractivity contribution is -0.137. The van der Waals surface area contributed by atoms with Gasteiger partial charge in [-0.05, 0) is 30.9 Å². The second kappa shape index (κ2) is 6.99. The highest BCUT2D eigenvalue weighted by Gasteiger charge is 2.00. The number of hydrogen-bond acceptors (Lipinski definition) is 1. The number of rotatable bonds is 7. The molecule has 1 N–H and O–H groups in total. The smallest absolute Gasteiger partial charge is 0.303 e. The van der Waals surface area contributed by atoms with Crippen LogP contribution in [-0.4, -0.2) is 11.1 Å². The van der Waals surface area contributed by atoms with Crippen LogP contribution in [0.25, 0.3) is 0 Å². The molecule has 0 fully saturated rings. The minimum Gasteiger partial charge on any atom is -0.481 e. The monoisotopic (exact) mass is 224 g/mol. The average molecular weight is 224 g/mol. The maximum absolute atomic E-state index is 13.2. The van der Waals surface area contributed by atoms with Crippen molar-refractivity contribution in [3.05, 3.63) is 35.6 Å². The lowest BCUT2D eigenvalue weighted by atomic mass is 10.1. The predicted octanol–water partition coefficient (Wildman–Crippen LogP) is 3.40. The highest BCUT2D eigenvalue weighted by atomic mass is 19.1. The van der Waals surface area contributed by atoms with E-state index in [2.05, 4.69) is 0 Å². The number of halogens is 1. The minimum atomic E-state index is -0.742. The van der Waals surface area contributed by atoms with Crippen LogP contribution in [0.3, 0.4) is 0 Å². The van der Waals surface area contributed by atoms with Crippen molar-refractivity contribution in [2.75, 3.05) is 0 Å².